The van der Waals surface area contributed by atoms with E-state index in [0.717, 1.165) is 31.5 Å². The molecule has 6 heteroatoms. The van der Waals surface area contributed by atoms with Gasteiger partial charge in [-0.3, -0.25) is 4.79 Å². The van der Waals surface area contributed by atoms with Crippen LogP contribution in [-0.2, 0) is 6.61 Å². The molecule has 1 unspecified atom stereocenters. The molecule has 1 aliphatic rings. The van der Waals surface area contributed by atoms with Crippen LogP contribution < -0.4 is 15.4 Å². The SMILES string of the molecule is Cl.O=C(NC1CCCNC1)c1ccccc1OCc1ccccc1Cl. The van der Waals surface area contributed by atoms with Crippen LogP contribution in [-0.4, -0.2) is 25.0 Å². The maximum Gasteiger partial charge on any atom is 0.255 e. The number of hydrogen-bond donors (Lipinski definition) is 2. The molecule has 2 N–H and O–H groups in total. The average Bonchev–Trinajstić information content (AvgIpc) is 2.62. The Labute approximate surface area is 159 Å². The summed E-state index contributed by atoms with van der Waals surface area (Å²) in [5.74, 6) is 0.470. The summed E-state index contributed by atoms with van der Waals surface area (Å²) in [5.41, 5.74) is 1.45. The molecule has 1 amide bonds. The first-order chi connectivity index (χ1) is 11.7. The number of amides is 1. The maximum atomic E-state index is 12.6. The summed E-state index contributed by atoms with van der Waals surface area (Å²) < 4.78 is 5.85. The summed E-state index contributed by atoms with van der Waals surface area (Å²) in [5, 5.41) is 7.04. The highest BCUT2D eigenvalue weighted by Gasteiger charge is 2.18. The molecule has 1 fully saturated rings. The van der Waals surface area contributed by atoms with E-state index in [9.17, 15) is 4.79 Å². The van der Waals surface area contributed by atoms with E-state index in [-0.39, 0.29) is 24.4 Å². The Hall–Kier alpha value is -1.75. The Balaban J connectivity index is 0.00000225. The lowest BCUT2D eigenvalue weighted by molar-refractivity contribution is 0.0926. The predicted octanol–water partition coefficient (Wildman–Crippen LogP) is 3.82. The fraction of sp³-hybridized carbons (Fsp3) is 0.316. The minimum absolute atomic E-state index is 0. The van der Waals surface area contributed by atoms with E-state index in [1.807, 2.05) is 42.5 Å². The number of halogens is 2. The van der Waals surface area contributed by atoms with Gasteiger partial charge >= 0.3 is 0 Å². The van der Waals surface area contributed by atoms with E-state index in [4.69, 9.17) is 16.3 Å². The summed E-state index contributed by atoms with van der Waals surface area (Å²) in [6, 6.07) is 15.0. The molecule has 0 aromatic heterocycles. The van der Waals surface area contributed by atoms with Crippen molar-refractivity contribution in [3.63, 3.8) is 0 Å². The van der Waals surface area contributed by atoms with Gasteiger partial charge in [0, 0.05) is 23.2 Å². The first-order valence-electron chi connectivity index (χ1n) is 8.21. The molecule has 4 nitrogen and oxygen atoms in total. The first-order valence-corrected chi connectivity index (χ1v) is 8.58. The van der Waals surface area contributed by atoms with Crippen LogP contribution in [0.2, 0.25) is 5.02 Å². The Bertz CT molecular complexity index is 703. The molecule has 2 aromatic carbocycles. The second-order valence-electron chi connectivity index (χ2n) is 5.89. The van der Waals surface area contributed by atoms with E-state index < -0.39 is 0 Å². The van der Waals surface area contributed by atoms with Gasteiger partial charge in [-0.15, -0.1) is 12.4 Å². The number of ether oxygens (including phenoxy) is 1. The van der Waals surface area contributed by atoms with Crippen molar-refractivity contribution in [2.75, 3.05) is 13.1 Å². The number of carbonyl (C=O) groups is 1. The van der Waals surface area contributed by atoms with E-state index in [1.165, 1.54) is 0 Å². The van der Waals surface area contributed by atoms with Crippen molar-refractivity contribution >= 4 is 29.9 Å². The zero-order valence-corrected chi connectivity index (χ0v) is 15.4. The lowest BCUT2D eigenvalue weighted by Gasteiger charge is -2.24. The van der Waals surface area contributed by atoms with Crippen LogP contribution >= 0.6 is 24.0 Å². The van der Waals surface area contributed by atoms with Crippen molar-refractivity contribution in [1.82, 2.24) is 10.6 Å². The van der Waals surface area contributed by atoms with Crippen LogP contribution in [0.4, 0.5) is 0 Å². The van der Waals surface area contributed by atoms with Crippen LogP contribution in [0.15, 0.2) is 48.5 Å². The van der Waals surface area contributed by atoms with Crippen molar-refractivity contribution in [3.8, 4) is 5.75 Å². The van der Waals surface area contributed by atoms with Gasteiger partial charge in [0.25, 0.3) is 5.91 Å². The number of hydrogen-bond acceptors (Lipinski definition) is 3. The highest BCUT2D eigenvalue weighted by Crippen LogP contribution is 2.22. The monoisotopic (exact) mass is 380 g/mol. The Morgan fingerprint density at radius 2 is 1.96 bits per heavy atom. The number of rotatable bonds is 5. The zero-order chi connectivity index (χ0) is 16.8. The first kappa shape index (κ1) is 19.6. The largest absolute Gasteiger partial charge is 0.488 e. The number of para-hydroxylation sites is 1. The topological polar surface area (TPSA) is 50.4 Å². The van der Waals surface area contributed by atoms with Gasteiger partial charge in [-0.2, -0.15) is 0 Å². The molecule has 0 spiro atoms. The molecule has 134 valence electrons. The fourth-order valence-corrected chi connectivity index (χ4v) is 2.98. The minimum atomic E-state index is -0.0986. The third-order valence-corrected chi connectivity index (χ3v) is 4.47. The predicted molar refractivity (Wildman–Crippen MR) is 103 cm³/mol. The van der Waals surface area contributed by atoms with Crippen molar-refractivity contribution < 1.29 is 9.53 Å². The molecule has 0 aliphatic carbocycles. The number of nitrogens with one attached hydrogen (secondary N) is 2. The van der Waals surface area contributed by atoms with Crippen molar-refractivity contribution in [3.05, 3.63) is 64.7 Å². The lowest BCUT2D eigenvalue weighted by atomic mass is 10.1. The van der Waals surface area contributed by atoms with Gasteiger partial charge in [0.15, 0.2) is 0 Å². The average molecular weight is 381 g/mol. The highest BCUT2D eigenvalue weighted by molar-refractivity contribution is 6.31. The molecule has 1 atom stereocenters. The van der Waals surface area contributed by atoms with Crippen LogP contribution in [0.1, 0.15) is 28.8 Å². The Morgan fingerprint density at radius 1 is 1.20 bits per heavy atom. The molecule has 2 aromatic rings. The molecular weight excluding hydrogens is 359 g/mol. The molecule has 25 heavy (non-hydrogen) atoms. The van der Waals surface area contributed by atoms with Crippen LogP contribution in [0, 0.1) is 0 Å². The summed E-state index contributed by atoms with van der Waals surface area (Å²) in [6.07, 6.45) is 2.08. The minimum Gasteiger partial charge on any atom is -0.488 e. The molecule has 0 saturated carbocycles. The van der Waals surface area contributed by atoms with Gasteiger partial charge < -0.3 is 15.4 Å². The highest BCUT2D eigenvalue weighted by atomic mass is 35.5. The molecule has 1 heterocycles. The third kappa shape index (κ3) is 5.36. The second-order valence-corrected chi connectivity index (χ2v) is 6.30. The third-order valence-electron chi connectivity index (χ3n) is 4.10. The van der Waals surface area contributed by atoms with Crippen LogP contribution in [0.3, 0.4) is 0 Å². The number of benzene rings is 2. The van der Waals surface area contributed by atoms with E-state index in [1.54, 1.807) is 6.07 Å². The lowest BCUT2D eigenvalue weighted by Crippen LogP contribution is -2.45. The standard InChI is InChI=1S/C19H21ClN2O2.ClH/c20-17-9-3-1-6-14(17)13-24-18-10-4-2-8-16(18)19(23)22-15-7-5-11-21-12-15;/h1-4,6,8-10,15,21H,5,7,11-13H2,(H,22,23);1H. The summed E-state index contributed by atoms with van der Waals surface area (Å²) in [6.45, 7) is 2.16. The normalized spacial score (nSPS) is 16.6. The van der Waals surface area contributed by atoms with Gasteiger partial charge in [0.2, 0.25) is 0 Å². The van der Waals surface area contributed by atoms with Crippen molar-refractivity contribution in [2.45, 2.75) is 25.5 Å². The number of piperidine rings is 1. The molecule has 0 bridgehead atoms. The van der Waals surface area contributed by atoms with Gasteiger partial charge in [0.05, 0.1) is 5.56 Å². The van der Waals surface area contributed by atoms with E-state index in [2.05, 4.69) is 10.6 Å². The molecule has 1 saturated heterocycles. The van der Waals surface area contributed by atoms with Crippen LogP contribution in [0.25, 0.3) is 0 Å². The molecular formula is C19H22Cl2N2O2. The maximum absolute atomic E-state index is 12.6. The Morgan fingerprint density at radius 3 is 2.72 bits per heavy atom. The van der Waals surface area contributed by atoms with Crippen molar-refractivity contribution in [2.24, 2.45) is 0 Å². The smallest absolute Gasteiger partial charge is 0.255 e. The second kappa shape index (κ2) is 9.66. The summed E-state index contributed by atoms with van der Waals surface area (Å²) >= 11 is 6.16. The summed E-state index contributed by atoms with van der Waals surface area (Å²) in [7, 11) is 0. The van der Waals surface area contributed by atoms with Crippen molar-refractivity contribution in [1.29, 1.82) is 0 Å². The summed E-state index contributed by atoms with van der Waals surface area (Å²) in [4.78, 5) is 12.6. The Kier molecular flexibility index (Phi) is 7.56. The van der Waals surface area contributed by atoms with Gasteiger partial charge in [0.1, 0.15) is 12.4 Å². The number of carbonyl (C=O) groups excluding carboxylic acids is 1. The van der Waals surface area contributed by atoms with Gasteiger partial charge in [-0.05, 0) is 37.6 Å². The molecule has 0 radical (unpaired) electrons. The van der Waals surface area contributed by atoms with Gasteiger partial charge in [-0.1, -0.05) is 41.9 Å². The molecule has 3 rings (SSSR count). The van der Waals surface area contributed by atoms with Gasteiger partial charge in [-0.25, -0.2) is 0 Å². The van der Waals surface area contributed by atoms with E-state index >= 15 is 0 Å². The molecule has 1 aliphatic heterocycles. The quantitative estimate of drug-likeness (QED) is 0.828. The van der Waals surface area contributed by atoms with E-state index in [0.29, 0.717) is 22.9 Å². The fourth-order valence-electron chi connectivity index (χ4n) is 2.79. The zero-order valence-electron chi connectivity index (χ0n) is 13.8. The van der Waals surface area contributed by atoms with Crippen LogP contribution in [0.5, 0.6) is 5.75 Å².